The lowest BCUT2D eigenvalue weighted by atomic mass is 9.90. The van der Waals surface area contributed by atoms with Gasteiger partial charge in [-0.3, -0.25) is 4.79 Å². The average Bonchev–Trinajstić information content (AvgIpc) is 3.19. The molecule has 1 N–H and O–H groups in total. The Labute approximate surface area is 176 Å². The molecule has 5 rings (SSSR count). The third kappa shape index (κ3) is 3.33. The number of rotatable bonds is 5. The molecule has 3 nitrogen and oxygen atoms in total. The predicted molar refractivity (Wildman–Crippen MR) is 120 cm³/mol. The van der Waals surface area contributed by atoms with Gasteiger partial charge >= 0.3 is 5.97 Å². The van der Waals surface area contributed by atoms with Crippen molar-refractivity contribution in [1.82, 2.24) is 4.57 Å². The number of hydrogen-bond donors (Lipinski definition) is 1. The smallest absolute Gasteiger partial charge is 0.303 e. The lowest BCUT2D eigenvalue weighted by Crippen LogP contribution is -2.09. The Balaban J connectivity index is 1.64. The Morgan fingerprint density at radius 3 is 2.33 bits per heavy atom. The second kappa shape index (κ2) is 7.68. The van der Waals surface area contributed by atoms with Crippen molar-refractivity contribution in [2.75, 3.05) is 0 Å². The van der Waals surface area contributed by atoms with Crippen molar-refractivity contribution in [1.29, 1.82) is 0 Å². The van der Waals surface area contributed by atoms with Crippen molar-refractivity contribution in [2.45, 2.75) is 25.7 Å². The first-order valence-corrected chi connectivity index (χ1v) is 10.4. The highest BCUT2D eigenvalue weighted by Crippen LogP contribution is 2.40. The Kier molecular flexibility index (Phi) is 4.72. The van der Waals surface area contributed by atoms with Crippen LogP contribution < -0.4 is 0 Å². The van der Waals surface area contributed by atoms with Crippen molar-refractivity contribution >= 4 is 5.97 Å². The van der Waals surface area contributed by atoms with Crippen LogP contribution in [0.1, 0.15) is 23.2 Å². The van der Waals surface area contributed by atoms with Crippen molar-refractivity contribution in [3.63, 3.8) is 0 Å². The highest BCUT2D eigenvalue weighted by atomic mass is 16.4. The molecule has 0 atom stereocenters. The quantitative estimate of drug-likeness (QED) is 0.457. The van der Waals surface area contributed by atoms with Crippen molar-refractivity contribution in [3.05, 3.63) is 102 Å². The largest absolute Gasteiger partial charge is 0.481 e. The minimum Gasteiger partial charge on any atom is -0.481 e. The summed E-state index contributed by atoms with van der Waals surface area (Å²) in [6.45, 7) is 0. The molecule has 0 aliphatic heterocycles. The molecule has 0 radical (unpaired) electrons. The minimum atomic E-state index is -0.761. The molecule has 0 saturated heterocycles. The molecule has 0 unspecified atom stereocenters. The lowest BCUT2D eigenvalue weighted by molar-refractivity contribution is -0.136. The number of aliphatic carboxylic acids is 1. The standard InChI is InChI=1S/C27H23NO2/c29-27(30)17-12-19-10-14-22(15-11-19)28-25-16-13-20-6-4-5-9-23(20)24(25)18-26(28)21-7-2-1-3-8-21/h1-11,14-15,18H,12-13,16-17H2,(H,29,30). The van der Waals surface area contributed by atoms with Gasteiger partial charge in [-0.25, -0.2) is 0 Å². The van der Waals surface area contributed by atoms with Gasteiger partial charge in [-0.15, -0.1) is 0 Å². The van der Waals surface area contributed by atoms with E-state index in [1.807, 2.05) is 6.07 Å². The van der Waals surface area contributed by atoms with Gasteiger partial charge in [0.15, 0.2) is 0 Å². The van der Waals surface area contributed by atoms with Gasteiger partial charge in [-0.1, -0.05) is 66.7 Å². The maximum atomic E-state index is 10.9. The monoisotopic (exact) mass is 393 g/mol. The summed E-state index contributed by atoms with van der Waals surface area (Å²) in [6.07, 6.45) is 2.75. The number of nitrogens with zero attached hydrogens (tertiary/aromatic N) is 1. The van der Waals surface area contributed by atoms with Gasteiger partial charge in [0.05, 0.1) is 5.69 Å². The van der Waals surface area contributed by atoms with Crippen LogP contribution in [0.5, 0.6) is 0 Å². The first-order valence-electron chi connectivity index (χ1n) is 10.4. The summed E-state index contributed by atoms with van der Waals surface area (Å²) in [6, 6.07) is 29.9. The van der Waals surface area contributed by atoms with E-state index in [1.54, 1.807) is 0 Å². The zero-order valence-electron chi connectivity index (χ0n) is 16.7. The van der Waals surface area contributed by atoms with Gasteiger partial charge in [0.1, 0.15) is 0 Å². The van der Waals surface area contributed by atoms with Crippen molar-refractivity contribution in [2.24, 2.45) is 0 Å². The molecule has 0 fully saturated rings. The van der Waals surface area contributed by atoms with Gasteiger partial charge in [-0.2, -0.15) is 0 Å². The van der Waals surface area contributed by atoms with Crippen LogP contribution in [0, 0.1) is 0 Å². The van der Waals surface area contributed by atoms with Gasteiger partial charge in [0.2, 0.25) is 0 Å². The Hall–Kier alpha value is -3.59. The molecule has 3 heteroatoms. The Morgan fingerprint density at radius 2 is 1.57 bits per heavy atom. The van der Waals surface area contributed by atoms with Crippen molar-refractivity contribution < 1.29 is 9.90 Å². The molecule has 1 aliphatic rings. The number of hydrogen-bond acceptors (Lipinski definition) is 1. The number of benzene rings is 3. The van der Waals surface area contributed by atoms with Crippen LogP contribution in [0.2, 0.25) is 0 Å². The molecule has 4 aromatic rings. The van der Waals surface area contributed by atoms with E-state index in [0.29, 0.717) is 6.42 Å². The predicted octanol–water partition coefficient (Wildman–Crippen LogP) is 5.93. The SMILES string of the molecule is O=C(O)CCc1ccc(-n2c(-c3ccccc3)cc3c2CCc2ccccc2-3)cc1. The van der Waals surface area contributed by atoms with Gasteiger partial charge < -0.3 is 9.67 Å². The summed E-state index contributed by atoms with van der Waals surface area (Å²) in [5.41, 5.74) is 9.94. The zero-order chi connectivity index (χ0) is 20.5. The molecule has 3 aromatic carbocycles. The highest BCUT2D eigenvalue weighted by Gasteiger charge is 2.23. The normalized spacial score (nSPS) is 12.3. The van der Waals surface area contributed by atoms with E-state index in [4.69, 9.17) is 5.11 Å². The number of aryl methyl sites for hydroxylation is 2. The molecule has 1 aromatic heterocycles. The van der Waals surface area contributed by atoms with Gasteiger partial charge in [-0.05, 0) is 59.7 Å². The van der Waals surface area contributed by atoms with Crippen LogP contribution in [0.3, 0.4) is 0 Å². The van der Waals surface area contributed by atoms with E-state index in [9.17, 15) is 4.79 Å². The van der Waals surface area contributed by atoms with E-state index in [-0.39, 0.29) is 6.42 Å². The molecule has 148 valence electrons. The molecule has 30 heavy (non-hydrogen) atoms. The molecule has 1 heterocycles. The number of fused-ring (bicyclic) bond motifs is 3. The summed E-state index contributed by atoms with van der Waals surface area (Å²) in [7, 11) is 0. The van der Waals surface area contributed by atoms with E-state index in [2.05, 4.69) is 83.4 Å². The number of aromatic nitrogens is 1. The molecule has 1 aliphatic carbocycles. The minimum absolute atomic E-state index is 0.157. The van der Waals surface area contributed by atoms with Crippen LogP contribution in [-0.2, 0) is 24.1 Å². The summed E-state index contributed by atoms with van der Waals surface area (Å²) in [5.74, 6) is -0.761. The number of carboxylic acids is 1. The summed E-state index contributed by atoms with van der Waals surface area (Å²) in [4.78, 5) is 10.9. The second-order valence-corrected chi connectivity index (χ2v) is 7.81. The second-order valence-electron chi connectivity index (χ2n) is 7.81. The third-order valence-electron chi connectivity index (χ3n) is 5.93. The Morgan fingerprint density at radius 1 is 0.833 bits per heavy atom. The first-order chi connectivity index (χ1) is 14.7. The van der Waals surface area contributed by atoms with E-state index in [1.165, 1.54) is 33.6 Å². The van der Waals surface area contributed by atoms with Crippen LogP contribution in [0.15, 0.2) is 84.9 Å². The van der Waals surface area contributed by atoms with Crippen LogP contribution in [0.4, 0.5) is 0 Å². The van der Waals surface area contributed by atoms with E-state index < -0.39 is 5.97 Å². The summed E-state index contributed by atoms with van der Waals surface area (Å²) >= 11 is 0. The van der Waals surface area contributed by atoms with Crippen LogP contribution in [0.25, 0.3) is 28.1 Å². The van der Waals surface area contributed by atoms with E-state index in [0.717, 1.165) is 24.1 Å². The molecule has 0 spiro atoms. The van der Waals surface area contributed by atoms with Crippen LogP contribution in [-0.4, -0.2) is 15.6 Å². The van der Waals surface area contributed by atoms with Gasteiger partial charge in [0.25, 0.3) is 0 Å². The fraction of sp³-hybridized carbons (Fsp3) is 0.148. The first kappa shape index (κ1) is 18.4. The summed E-state index contributed by atoms with van der Waals surface area (Å²) < 4.78 is 2.38. The zero-order valence-corrected chi connectivity index (χ0v) is 16.7. The molecular formula is C27H23NO2. The molecule has 0 saturated carbocycles. The average molecular weight is 393 g/mol. The van der Waals surface area contributed by atoms with Gasteiger partial charge in [0, 0.05) is 23.4 Å². The Bertz CT molecular complexity index is 1200. The molecular weight excluding hydrogens is 370 g/mol. The number of carboxylic acid groups (broad SMARTS) is 1. The third-order valence-corrected chi connectivity index (χ3v) is 5.93. The highest BCUT2D eigenvalue weighted by molar-refractivity contribution is 5.80. The van der Waals surface area contributed by atoms with Crippen molar-refractivity contribution in [3.8, 4) is 28.1 Å². The van der Waals surface area contributed by atoms with Crippen LogP contribution >= 0.6 is 0 Å². The fourth-order valence-corrected chi connectivity index (χ4v) is 4.46. The lowest BCUT2D eigenvalue weighted by Gasteiger charge is -2.20. The topological polar surface area (TPSA) is 42.2 Å². The molecule has 0 amide bonds. The fourth-order valence-electron chi connectivity index (χ4n) is 4.46. The maximum Gasteiger partial charge on any atom is 0.303 e. The van der Waals surface area contributed by atoms with E-state index >= 15 is 0 Å². The summed E-state index contributed by atoms with van der Waals surface area (Å²) in [5, 5.41) is 8.95. The number of carbonyl (C=O) groups is 1. The maximum absolute atomic E-state index is 10.9. The molecule has 0 bridgehead atoms.